The molecule has 0 aromatic carbocycles. The van der Waals surface area contributed by atoms with Crippen LogP contribution in [0.4, 0.5) is 0 Å². The van der Waals surface area contributed by atoms with Crippen molar-refractivity contribution in [2.24, 2.45) is 5.84 Å². The van der Waals surface area contributed by atoms with Gasteiger partial charge >= 0.3 is 5.91 Å². The molecule has 0 aromatic heterocycles. The van der Waals surface area contributed by atoms with Crippen molar-refractivity contribution in [3.8, 4) is 0 Å². The van der Waals surface area contributed by atoms with Gasteiger partial charge in [-0.2, -0.15) is 0 Å². The number of nitrogens with zero attached hydrogens (tertiary/aromatic N) is 5. The lowest BCUT2D eigenvalue weighted by atomic mass is 10.7. The van der Waals surface area contributed by atoms with Gasteiger partial charge in [0, 0.05) is 14.1 Å². The van der Waals surface area contributed by atoms with Crippen molar-refractivity contribution in [1.29, 1.82) is 0 Å². The largest absolute Gasteiger partial charge is 0.955 e. The Hall–Kier alpha value is -2.48. The molecule has 0 rings (SSSR count). The van der Waals surface area contributed by atoms with Crippen LogP contribution in [0.2, 0.25) is 0 Å². The quantitative estimate of drug-likeness (QED) is 0.256. The maximum absolute atomic E-state index is 9.83. The molecule has 17 heavy (non-hydrogen) atoms. The van der Waals surface area contributed by atoms with E-state index in [9.17, 15) is 40.5 Å². The summed E-state index contributed by atoms with van der Waals surface area (Å²) >= 11 is 0. The molecule has 0 bridgehead atoms. The Morgan fingerprint density at radius 1 is 0.824 bits per heavy atom. The van der Waals surface area contributed by atoms with E-state index < -0.39 is 25.6 Å². The Labute approximate surface area is 92.2 Å². The molecular weight excluding hydrogens is 248 g/mol. The van der Waals surface area contributed by atoms with E-state index in [0.717, 1.165) is 0 Å². The average Bonchev–Trinajstić information content (AvgIpc) is 1.98. The van der Waals surface area contributed by atoms with Crippen LogP contribution in [0.15, 0.2) is 0 Å². The highest BCUT2D eigenvalue weighted by molar-refractivity contribution is 4.34. The molecule has 0 unspecified atom stereocenters. The molecule has 0 heterocycles. The lowest BCUT2D eigenvalue weighted by Gasteiger charge is -1.98. The third kappa shape index (κ3) is 3.87. The van der Waals surface area contributed by atoms with Crippen molar-refractivity contribution in [1.82, 2.24) is 5.01 Å². The number of hydrazine groups is 1. The van der Waals surface area contributed by atoms with E-state index in [4.69, 9.17) is 5.84 Å². The fourth-order valence-corrected chi connectivity index (χ4v) is 0.400. The topological polar surface area (TPSA) is 202 Å². The molecule has 2 N–H and O–H groups in total. The van der Waals surface area contributed by atoms with Gasteiger partial charge in [-0.25, -0.2) is 40.5 Å². The van der Waals surface area contributed by atoms with Gasteiger partial charge in [0.05, 0.1) is 0 Å². The van der Waals surface area contributed by atoms with E-state index in [1.807, 2.05) is 0 Å². The van der Waals surface area contributed by atoms with Crippen LogP contribution in [0.3, 0.4) is 0 Å². The first-order valence-electron chi connectivity index (χ1n) is 3.51. The third-order valence-electron chi connectivity index (χ3n) is 0.980. The third-order valence-corrected chi connectivity index (χ3v) is 0.980. The normalized spacial score (nSPS) is 10.1. The summed E-state index contributed by atoms with van der Waals surface area (Å²) in [5.41, 5.74) is 0. The van der Waals surface area contributed by atoms with Crippen LogP contribution >= 0.6 is 0 Å². The maximum Gasteiger partial charge on any atom is 0.955 e. The molecule has 0 amide bonds. The summed E-state index contributed by atoms with van der Waals surface area (Å²) in [7, 11) is 3.56. The smallest absolute Gasteiger partial charge is 0.269 e. The van der Waals surface area contributed by atoms with Gasteiger partial charge < -0.3 is 0 Å². The molecule has 0 fully saturated rings. The summed E-state index contributed by atoms with van der Waals surface area (Å²) in [6.07, 6.45) is 0. The summed E-state index contributed by atoms with van der Waals surface area (Å²) in [4.78, 5) is 30.6. The highest BCUT2D eigenvalue weighted by Gasteiger charge is 2.85. The maximum atomic E-state index is 9.83. The first-order valence-corrected chi connectivity index (χ1v) is 3.51. The van der Waals surface area contributed by atoms with Crippen LogP contribution in [-0.4, -0.2) is 44.7 Å². The molecule has 0 radical (unpaired) electrons. The van der Waals surface area contributed by atoms with Crippen molar-refractivity contribution >= 4 is 0 Å². The number of rotatable bonds is 4. The number of hydrogen-bond donors (Lipinski definition) is 1. The van der Waals surface area contributed by atoms with Crippen LogP contribution in [0.5, 0.6) is 0 Å². The fraction of sp³-hybridized carbons (Fsp3) is 1.00. The second kappa shape index (κ2) is 6.18. The Balaban J connectivity index is 0. The predicted molar refractivity (Wildman–Crippen MR) is 48.6 cm³/mol. The van der Waals surface area contributed by atoms with Gasteiger partial charge in [0.15, 0.2) is 0 Å². The van der Waals surface area contributed by atoms with Gasteiger partial charge in [-0.15, -0.1) is 0 Å². The van der Waals surface area contributed by atoms with Crippen LogP contribution < -0.4 is 5.84 Å². The van der Waals surface area contributed by atoms with Gasteiger partial charge in [-0.1, -0.05) is 0 Å². The second-order valence-corrected chi connectivity index (χ2v) is 2.59. The number of nitrogens with two attached hydrogens (primary N) is 1. The Bertz CT molecular complexity index is 274. The van der Waals surface area contributed by atoms with E-state index in [2.05, 4.69) is 0 Å². The summed E-state index contributed by atoms with van der Waals surface area (Å²) in [5.74, 6) is 0.333. The van der Waals surface area contributed by atoms with Crippen molar-refractivity contribution in [3.05, 3.63) is 40.5 Å². The zero-order valence-electron chi connectivity index (χ0n) is 8.58. The van der Waals surface area contributed by atoms with Gasteiger partial charge in [0.1, 0.15) is 0 Å². The molecule has 0 saturated heterocycles. The summed E-state index contributed by atoms with van der Waals surface area (Å²) in [6, 6.07) is 0. The summed E-state index contributed by atoms with van der Waals surface area (Å²) < 4.78 is 0. The van der Waals surface area contributed by atoms with E-state index in [-0.39, 0.29) is 0 Å². The minimum absolute atomic E-state index is 1.50. The lowest BCUT2D eigenvalue weighted by molar-refractivity contribution is -1.11. The molecular formula is C3H8N6O8. The van der Waals surface area contributed by atoms with Crippen LogP contribution in [0.25, 0.3) is 0 Å². The molecule has 0 spiro atoms. The summed E-state index contributed by atoms with van der Waals surface area (Å²) in [6.45, 7) is 0. The van der Waals surface area contributed by atoms with Crippen LogP contribution in [0, 0.1) is 40.5 Å². The van der Waals surface area contributed by atoms with Gasteiger partial charge in [-0.3, -0.25) is 10.9 Å². The molecule has 0 aliphatic rings. The first-order chi connectivity index (χ1) is 7.51. The van der Waals surface area contributed by atoms with Gasteiger partial charge in [-0.05, 0) is 0 Å². The fourth-order valence-electron chi connectivity index (χ4n) is 0.400. The average molecular weight is 256 g/mol. The second-order valence-electron chi connectivity index (χ2n) is 2.59. The molecule has 0 saturated carbocycles. The molecule has 98 valence electrons. The Kier molecular flexibility index (Phi) is 6.15. The highest BCUT2D eigenvalue weighted by Crippen LogP contribution is 2.12. The van der Waals surface area contributed by atoms with Crippen molar-refractivity contribution < 1.29 is 19.7 Å². The molecule has 14 nitrogen and oxygen atoms in total. The summed E-state index contributed by atoms with van der Waals surface area (Å²) in [5, 5.41) is 40.8. The zero-order chi connectivity index (χ0) is 14.4. The number of nitro groups is 4. The standard InChI is InChI=1S/C2H8N2.CN4O8/c1-4(2)3;6-2(7)1(3(8)9,4(10)11)5(12)13/h3H2,1-2H3;. The van der Waals surface area contributed by atoms with Crippen molar-refractivity contribution in [3.63, 3.8) is 0 Å². The first kappa shape index (κ1) is 16.9. The van der Waals surface area contributed by atoms with Crippen molar-refractivity contribution in [2.75, 3.05) is 14.1 Å². The van der Waals surface area contributed by atoms with E-state index in [1.165, 1.54) is 5.01 Å². The molecule has 0 atom stereocenters. The Morgan fingerprint density at radius 2 is 0.941 bits per heavy atom. The van der Waals surface area contributed by atoms with Crippen molar-refractivity contribution in [2.45, 2.75) is 5.91 Å². The van der Waals surface area contributed by atoms with Gasteiger partial charge in [0.2, 0.25) is 0 Å². The predicted octanol–water partition coefficient (Wildman–Crippen LogP) is -1.87. The molecule has 14 heteroatoms. The van der Waals surface area contributed by atoms with Gasteiger partial charge in [0.25, 0.3) is 19.7 Å². The minimum Gasteiger partial charge on any atom is -0.269 e. The van der Waals surface area contributed by atoms with E-state index in [1.54, 1.807) is 14.1 Å². The van der Waals surface area contributed by atoms with Crippen LogP contribution in [-0.2, 0) is 0 Å². The van der Waals surface area contributed by atoms with E-state index in [0.29, 0.717) is 0 Å². The zero-order valence-corrected chi connectivity index (χ0v) is 8.58. The number of hydrogen-bond acceptors (Lipinski definition) is 10. The minimum atomic E-state index is -4.61. The molecule has 0 aromatic rings. The Morgan fingerprint density at radius 3 is 0.941 bits per heavy atom. The lowest BCUT2D eigenvalue weighted by Crippen LogP contribution is -2.59. The van der Waals surface area contributed by atoms with Crippen LogP contribution in [0.1, 0.15) is 0 Å². The SMILES string of the molecule is CN(C)N.O=[N+]([O-])C([N+](=O)[O-])([N+](=O)[O-])[N+](=O)[O-]. The molecule has 0 aliphatic heterocycles. The molecule has 0 aliphatic carbocycles. The monoisotopic (exact) mass is 256 g/mol. The van der Waals surface area contributed by atoms with E-state index >= 15 is 0 Å². The highest BCUT2D eigenvalue weighted by atomic mass is 16.8.